The minimum absolute atomic E-state index is 0.0462. The lowest BCUT2D eigenvalue weighted by Gasteiger charge is -2.31. The Morgan fingerprint density at radius 1 is 1.22 bits per heavy atom. The fourth-order valence-electron chi connectivity index (χ4n) is 2.39. The van der Waals surface area contributed by atoms with Crippen molar-refractivity contribution in [3.63, 3.8) is 0 Å². The van der Waals surface area contributed by atoms with Gasteiger partial charge >= 0.3 is 0 Å². The predicted molar refractivity (Wildman–Crippen MR) is 71.7 cm³/mol. The monoisotopic (exact) mass is 250 g/mol. The van der Waals surface area contributed by atoms with Crippen molar-refractivity contribution >= 4 is 0 Å². The number of hydrogen-bond acceptors (Lipinski definition) is 4. The molecular weight excluding hydrogens is 228 g/mol. The molecule has 0 aliphatic carbocycles. The van der Waals surface area contributed by atoms with Crippen molar-refractivity contribution in [3.8, 4) is 11.5 Å². The summed E-state index contributed by atoms with van der Waals surface area (Å²) in [4.78, 5) is 2.46. The second-order valence-electron chi connectivity index (χ2n) is 4.91. The maximum Gasteiger partial charge on any atom is 0.157 e. The van der Waals surface area contributed by atoms with E-state index in [0.29, 0.717) is 6.04 Å². The summed E-state index contributed by atoms with van der Waals surface area (Å²) in [5.74, 6) is -0.106. The number of rotatable bonds is 4. The van der Waals surface area contributed by atoms with Crippen LogP contribution in [0.4, 0.5) is 0 Å². The van der Waals surface area contributed by atoms with Crippen LogP contribution in [0.3, 0.4) is 0 Å². The first kappa shape index (κ1) is 13.2. The lowest BCUT2D eigenvalue weighted by Crippen LogP contribution is -2.42. The van der Waals surface area contributed by atoms with Crippen molar-refractivity contribution in [1.82, 2.24) is 10.2 Å². The van der Waals surface area contributed by atoms with Crippen LogP contribution < -0.4 is 5.32 Å². The zero-order valence-electron chi connectivity index (χ0n) is 10.9. The molecular formula is C14H22N2O2. The molecule has 0 unspecified atom stereocenters. The predicted octanol–water partition coefficient (Wildman–Crippen LogP) is 1.67. The molecule has 18 heavy (non-hydrogen) atoms. The number of likely N-dealkylation sites (tertiary alicyclic amines) is 1. The van der Waals surface area contributed by atoms with E-state index in [4.69, 9.17) is 0 Å². The highest BCUT2D eigenvalue weighted by Gasteiger charge is 2.17. The topological polar surface area (TPSA) is 55.7 Å². The molecule has 0 spiro atoms. The van der Waals surface area contributed by atoms with Gasteiger partial charge in [-0.25, -0.2) is 0 Å². The number of nitrogens with zero attached hydrogens (tertiary/aromatic N) is 1. The van der Waals surface area contributed by atoms with Crippen molar-refractivity contribution < 1.29 is 10.2 Å². The van der Waals surface area contributed by atoms with Gasteiger partial charge in [0.1, 0.15) is 0 Å². The molecule has 1 saturated heterocycles. The van der Waals surface area contributed by atoms with Gasteiger partial charge in [0.15, 0.2) is 11.5 Å². The molecule has 3 N–H and O–H groups in total. The first-order chi connectivity index (χ1) is 8.69. The molecule has 1 aromatic carbocycles. The maximum absolute atomic E-state index is 9.42. The lowest BCUT2D eigenvalue weighted by atomic mass is 10.0. The Kier molecular flexibility index (Phi) is 4.44. The second-order valence-corrected chi connectivity index (χ2v) is 4.91. The molecule has 1 heterocycles. The van der Waals surface area contributed by atoms with E-state index in [-0.39, 0.29) is 11.5 Å². The van der Waals surface area contributed by atoms with Crippen molar-refractivity contribution in [2.75, 3.05) is 19.6 Å². The van der Waals surface area contributed by atoms with Crippen LogP contribution in [0.5, 0.6) is 11.5 Å². The first-order valence-corrected chi connectivity index (χ1v) is 6.65. The largest absolute Gasteiger partial charge is 0.504 e. The molecule has 100 valence electrons. The number of aromatic hydroxyl groups is 2. The van der Waals surface area contributed by atoms with Gasteiger partial charge in [0, 0.05) is 12.6 Å². The Labute approximate surface area is 108 Å². The number of benzene rings is 1. The van der Waals surface area contributed by atoms with E-state index in [0.717, 1.165) is 31.7 Å². The van der Waals surface area contributed by atoms with Crippen LogP contribution in [-0.4, -0.2) is 40.8 Å². The Balaban J connectivity index is 1.79. The van der Waals surface area contributed by atoms with Crippen LogP contribution >= 0.6 is 0 Å². The zero-order chi connectivity index (χ0) is 13.0. The first-order valence-electron chi connectivity index (χ1n) is 6.65. The summed E-state index contributed by atoms with van der Waals surface area (Å²) < 4.78 is 0. The van der Waals surface area contributed by atoms with E-state index in [2.05, 4.69) is 17.1 Å². The van der Waals surface area contributed by atoms with Gasteiger partial charge in [-0.05, 0) is 50.2 Å². The van der Waals surface area contributed by atoms with Gasteiger partial charge in [0.2, 0.25) is 0 Å². The van der Waals surface area contributed by atoms with Gasteiger partial charge in [0.25, 0.3) is 0 Å². The molecule has 0 radical (unpaired) electrons. The summed E-state index contributed by atoms with van der Waals surface area (Å²) >= 11 is 0. The summed E-state index contributed by atoms with van der Waals surface area (Å²) in [5, 5.41) is 22.2. The SMILES string of the molecule is CCN1CCC(NCc2ccc(O)c(O)c2)CC1. The normalized spacial score (nSPS) is 18.1. The van der Waals surface area contributed by atoms with Gasteiger partial charge in [0.05, 0.1) is 0 Å². The Bertz CT molecular complexity index is 387. The van der Waals surface area contributed by atoms with Crippen LogP contribution in [0.1, 0.15) is 25.3 Å². The molecule has 1 fully saturated rings. The minimum Gasteiger partial charge on any atom is -0.504 e. The summed E-state index contributed by atoms with van der Waals surface area (Å²) in [6.07, 6.45) is 2.36. The van der Waals surface area contributed by atoms with Gasteiger partial charge in [-0.1, -0.05) is 13.0 Å². The van der Waals surface area contributed by atoms with Gasteiger partial charge in [-0.3, -0.25) is 0 Å². The lowest BCUT2D eigenvalue weighted by molar-refractivity contribution is 0.206. The summed E-state index contributed by atoms with van der Waals surface area (Å²) in [7, 11) is 0. The van der Waals surface area contributed by atoms with Crippen molar-refractivity contribution in [2.24, 2.45) is 0 Å². The van der Waals surface area contributed by atoms with Crippen LogP contribution in [0.2, 0.25) is 0 Å². The number of phenolic OH excluding ortho intramolecular Hbond substituents is 2. The second kappa shape index (κ2) is 6.07. The molecule has 4 nitrogen and oxygen atoms in total. The fraction of sp³-hybridized carbons (Fsp3) is 0.571. The molecule has 0 aromatic heterocycles. The number of hydrogen-bond donors (Lipinski definition) is 3. The van der Waals surface area contributed by atoms with Crippen LogP contribution in [0.25, 0.3) is 0 Å². The standard InChI is InChI=1S/C14H22N2O2/c1-2-16-7-5-12(6-8-16)15-10-11-3-4-13(17)14(18)9-11/h3-4,9,12,15,17-18H,2,5-8,10H2,1H3. The molecule has 2 rings (SSSR count). The number of nitrogens with one attached hydrogen (secondary N) is 1. The quantitative estimate of drug-likeness (QED) is 0.712. The third-order valence-corrected chi connectivity index (χ3v) is 3.67. The van der Waals surface area contributed by atoms with E-state index < -0.39 is 0 Å². The van der Waals surface area contributed by atoms with Gasteiger partial charge < -0.3 is 20.4 Å². The van der Waals surface area contributed by atoms with Crippen molar-refractivity contribution in [1.29, 1.82) is 0 Å². The number of piperidine rings is 1. The minimum atomic E-state index is -0.0602. The third-order valence-electron chi connectivity index (χ3n) is 3.67. The molecule has 1 aliphatic heterocycles. The van der Waals surface area contributed by atoms with E-state index in [1.807, 2.05) is 6.07 Å². The Morgan fingerprint density at radius 2 is 1.94 bits per heavy atom. The van der Waals surface area contributed by atoms with Gasteiger partial charge in [-0.2, -0.15) is 0 Å². The smallest absolute Gasteiger partial charge is 0.157 e. The summed E-state index contributed by atoms with van der Waals surface area (Å²) in [5.41, 5.74) is 1.00. The van der Waals surface area contributed by atoms with Crippen LogP contribution in [0.15, 0.2) is 18.2 Å². The number of phenols is 2. The average molecular weight is 250 g/mol. The Hall–Kier alpha value is -1.26. The molecule has 0 atom stereocenters. The molecule has 1 aliphatic rings. The highest BCUT2D eigenvalue weighted by molar-refractivity contribution is 5.40. The molecule has 4 heteroatoms. The highest BCUT2D eigenvalue weighted by atomic mass is 16.3. The molecule has 1 aromatic rings. The zero-order valence-corrected chi connectivity index (χ0v) is 10.9. The molecule has 0 bridgehead atoms. The van der Waals surface area contributed by atoms with Crippen molar-refractivity contribution in [3.05, 3.63) is 23.8 Å². The highest BCUT2D eigenvalue weighted by Crippen LogP contribution is 2.24. The fourth-order valence-corrected chi connectivity index (χ4v) is 2.39. The van der Waals surface area contributed by atoms with E-state index in [1.165, 1.54) is 18.9 Å². The third kappa shape index (κ3) is 3.37. The Morgan fingerprint density at radius 3 is 2.56 bits per heavy atom. The van der Waals surface area contributed by atoms with Gasteiger partial charge in [-0.15, -0.1) is 0 Å². The maximum atomic E-state index is 9.42. The van der Waals surface area contributed by atoms with Crippen LogP contribution in [-0.2, 0) is 6.54 Å². The molecule has 0 amide bonds. The summed E-state index contributed by atoms with van der Waals surface area (Å²) in [6, 6.07) is 5.54. The van der Waals surface area contributed by atoms with Crippen molar-refractivity contribution in [2.45, 2.75) is 32.4 Å². The average Bonchev–Trinajstić information content (AvgIpc) is 2.41. The van der Waals surface area contributed by atoms with E-state index >= 15 is 0 Å². The molecule has 0 saturated carbocycles. The van der Waals surface area contributed by atoms with Crippen LogP contribution in [0, 0.1) is 0 Å². The van der Waals surface area contributed by atoms with E-state index in [9.17, 15) is 10.2 Å². The summed E-state index contributed by atoms with van der Waals surface area (Å²) in [6.45, 7) is 6.40. The van der Waals surface area contributed by atoms with E-state index in [1.54, 1.807) is 6.07 Å².